The van der Waals surface area contributed by atoms with Crippen LogP contribution in [0, 0.1) is 5.92 Å². The van der Waals surface area contributed by atoms with Gasteiger partial charge >= 0.3 is 0 Å². The van der Waals surface area contributed by atoms with Crippen LogP contribution in [-0.4, -0.2) is 70.2 Å². The minimum atomic E-state index is -0.394. The number of amides is 1. The van der Waals surface area contributed by atoms with Crippen molar-refractivity contribution in [1.29, 1.82) is 0 Å². The molecule has 0 bridgehead atoms. The number of allylic oxidation sites excluding steroid dienone is 1. The van der Waals surface area contributed by atoms with Gasteiger partial charge in [0.25, 0.3) is 5.91 Å². The molecule has 1 amide bonds. The molecule has 0 spiro atoms. The molecule has 1 aliphatic carbocycles. The summed E-state index contributed by atoms with van der Waals surface area (Å²) in [6.07, 6.45) is 7.96. The smallest absolute Gasteiger partial charge is 0.253 e. The maximum Gasteiger partial charge on any atom is 0.253 e. The van der Waals surface area contributed by atoms with E-state index in [0.717, 1.165) is 31.9 Å². The number of rotatable bonds is 8. The monoisotopic (exact) mass is 476 g/mol. The third kappa shape index (κ3) is 6.71. The van der Waals surface area contributed by atoms with E-state index < -0.39 is 6.10 Å². The zero-order valence-electron chi connectivity index (χ0n) is 20.8. The Hall–Kier alpha value is -3.16. The Morgan fingerprint density at radius 1 is 1.20 bits per heavy atom. The zero-order valence-corrected chi connectivity index (χ0v) is 20.8. The molecule has 0 saturated carbocycles. The summed E-state index contributed by atoms with van der Waals surface area (Å²) in [7, 11) is 0. The molecule has 0 radical (unpaired) electrons. The molecule has 35 heavy (non-hydrogen) atoms. The van der Waals surface area contributed by atoms with E-state index in [1.165, 1.54) is 0 Å². The predicted molar refractivity (Wildman–Crippen MR) is 137 cm³/mol. The normalized spacial score (nSPS) is 21.5. The van der Waals surface area contributed by atoms with Crippen LogP contribution in [-0.2, 0) is 0 Å². The summed E-state index contributed by atoms with van der Waals surface area (Å²) in [5.74, 6) is 1.33. The van der Waals surface area contributed by atoms with E-state index in [-0.39, 0.29) is 11.9 Å². The molecule has 7 nitrogen and oxygen atoms in total. The molecule has 1 aromatic heterocycles. The highest BCUT2D eigenvalue weighted by molar-refractivity contribution is 5.94. The number of carbonyl (C=O) groups excluding carboxylic acids is 1. The van der Waals surface area contributed by atoms with E-state index in [2.05, 4.69) is 46.9 Å². The first-order chi connectivity index (χ1) is 16.9. The minimum absolute atomic E-state index is 0.0251. The van der Waals surface area contributed by atoms with Crippen molar-refractivity contribution >= 4 is 5.91 Å². The number of pyridine rings is 1. The van der Waals surface area contributed by atoms with Gasteiger partial charge in [-0.2, -0.15) is 0 Å². The van der Waals surface area contributed by atoms with Gasteiger partial charge < -0.3 is 20.1 Å². The van der Waals surface area contributed by atoms with Crippen LogP contribution in [0.4, 0.5) is 0 Å². The summed E-state index contributed by atoms with van der Waals surface area (Å²) in [4.78, 5) is 22.1. The molecule has 186 valence electrons. The Labute approximate surface area is 208 Å². The number of aromatic nitrogens is 1. The van der Waals surface area contributed by atoms with Crippen molar-refractivity contribution in [3.05, 3.63) is 78.1 Å². The number of hydrogen-bond acceptors (Lipinski definition) is 6. The first kappa shape index (κ1) is 24.9. The van der Waals surface area contributed by atoms with E-state index in [4.69, 9.17) is 4.74 Å². The van der Waals surface area contributed by atoms with E-state index in [1.54, 1.807) is 18.3 Å². The van der Waals surface area contributed by atoms with Gasteiger partial charge in [0.15, 0.2) is 0 Å². The molecule has 4 rings (SSSR count). The summed E-state index contributed by atoms with van der Waals surface area (Å²) in [6, 6.07) is 13.3. The van der Waals surface area contributed by atoms with Gasteiger partial charge in [0.05, 0.1) is 11.7 Å². The highest BCUT2D eigenvalue weighted by atomic mass is 16.5. The van der Waals surface area contributed by atoms with E-state index in [9.17, 15) is 9.90 Å². The van der Waals surface area contributed by atoms with Gasteiger partial charge in [-0.05, 0) is 49.6 Å². The number of aliphatic hydroxyl groups excluding tert-OH is 1. The topological polar surface area (TPSA) is 77.9 Å². The van der Waals surface area contributed by atoms with Crippen molar-refractivity contribution in [2.24, 2.45) is 5.92 Å². The van der Waals surface area contributed by atoms with Crippen LogP contribution in [0.5, 0.6) is 11.6 Å². The molecule has 1 saturated heterocycles. The number of nitrogens with one attached hydrogen (secondary N) is 1. The first-order valence-corrected chi connectivity index (χ1v) is 12.4. The number of hydrogen-bond donors (Lipinski definition) is 2. The number of piperazine rings is 1. The lowest BCUT2D eigenvalue weighted by Gasteiger charge is -2.43. The Morgan fingerprint density at radius 2 is 2.00 bits per heavy atom. The van der Waals surface area contributed by atoms with Gasteiger partial charge in [0, 0.05) is 56.2 Å². The first-order valence-electron chi connectivity index (χ1n) is 12.4. The number of nitrogens with zero attached hydrogens (tertiary/aromatic N) is 3. The van der Waals surface area contributed by atoms with Gasteiger partial charge in [-0.3, -0.25) is 9.69 Å². The third-order valence-corrected chi connectivity index (χ3v) is 6.61. The Morgan fingerprint density at radius 3 is 2.66 bits per heavy atom. The number of benzene rings is 1. The quantitative estimate of drug-likeness (QED) is 0.603. The second-order valence-electron chi connectivity index (χ2n) is 9.72. The van der Waals surface area contributed by atoms with Crippen molar-refractivity contribution < 1.29 is 14.6 Å². The van der Waals surface area contributed by atoms with Gasteiger partial charge in [0.2, 0.25) is 5.88 Å². The fourth-order valence-electron chi connectivity index (χ4n) is 4.56. The fraction of sp³-hybridized carbons (Fsp3) is 0.429. The lowest BCUT2D eigenvalue weighted by Crippen LogP contribution is -2.55. The lowest BCUT2D eigenvalue weighted by molar-refractivity contribution is 0.0824. The van der Waals surface area contributed by atoms with Crippen LogP contribution in [0.1, 0.15) is 37.6 Å². The number of carbonyl (C=O) groups is 1. The molecule has 3 unspecified atom stereocenters. The Kier molecular flexibility index (Phi) is 8.21. The Bertz CT molecular complexity index is 1040. The summed E-state index contributed by atoms with van der Waals surface area (Å²) in [5, 5.41) is 13.2. The van der Waals surface area contributed by atoms with Crippen molar-refractivity contribution in [1.82, 2.24) is 20.1 Å². The highest BCUT2D eigenvalue weighted by Crippen LogP contribution is 2.22. The molecule has 1 aliphatic heterocycles. The molecule has 2 heterocycles. The number of ether oxygens (including phenoxy) is 1. The van der Waals surface area contributed by atoms with E-state index >= 15 is 0 Å². The zero-order chi connectivity index (χ0) is 24.8. The molecule has 1 aromatic carbocycles. The van der Waals surface area contributed by atoms with Crippen molar-refractivity contribution in [2.75, 3.05) is 26.2 Å². The van der Waals surface area contributed by atoms with Gasteiger partial charge in [-0.25, -0.2) is 4.98 Å². The summed E-state index contributed by atoms with van der Waals surface area (Å²) >= 11 is 0. The van der Waals surface area contributed by atoms with Crippen LogP contribution in [0.25, 0.3) is 0 Å². The molecular weight excluding hydrogens is 440 g/mol. The fourth-order valence-corrected chi connectivity index (χ4v) is 4.56. The summed E-state index contributed by atoms with van der Waals surface area (Å²) in [6.45, 7) is 10.0. The van der Waals surface area contributed by atoms with Crippen LogP contribution in [0.3, 0.4) is 0 Å². The number of para-hydroxylation sites is 1. The van der Waals surface area contributed by atoms with Crippen LogP contribution < -0.4 is 10.1 Å². The molecule has 2 aliphatic rings. The molecule has 1 fully saturated rings. The third-order valence-electron chi connectivity index (χ3n) is 6.61. The van der Waals surface area contributed by atoms with E-state index in [1.807, 2.05) is 42.5 Å². The molecule has 7 heteroatoms. The highest BCUT2D eigenvalue weighted by Gasteiger charge is 2.28. The van der Waals surface area contributed by atoms with Gasteiger partial charge in [-0.15, -0.1) is 0 Å². The largest absolute Gasteiger partial charge is 0.439 e. The van der Waals surface area contributed by atoms with Crippen LogP contribution in [0.2, 0.25) is 0 Å². The molecular formula is C28H36N4O3. The number of aliphatic hydroxyl groups is 1. The van der Waals surface area contributed by atoms with E-state index in [0.29, 0.717) is 35.6 Å². The molecule has 2 N–H and O–H groups in total. The van der Waals surface area contributed by atoms with Crippen LogP contribution >= 0.6 is 0 Å². The Balaban J connectivity index is 1.32. The van der Waals surface area contributed by atoms with Crippen molar-refractivity contribution in [3.8, 4) is 11.6 Å². The summed E-state index contributed by atoms with van der Waals surface area (Å²) in [5.41, 5.74) is 1.63. The van der Waals surface area contributed by atoms with Gasteiger partial charge in [-0.1, -0.05) is 38.1 Å². The van der Waals surface area contributed by atoms with Crippen LogP contribution in [0.15, 0.2) is 72.6 Å². The average Bonchev–Trinajstić information content (AvgIpc) is 2.84. The SMILES string of the molecule is CC(C)C(CN1CCN(C2=CC(O)CC=C2)C(C)C1)NC(=O)c1ccc(Oc2ccccc2)nc1. The summed E-state index contributed by atoms with van der Waals surface area (Å²) < 4.78 is 5.73. The maximum absolute atomic E-state index is 13.0. The van der Waals surface area contributed by atoms with Crippen molar-refractivity contribution in [3.63, 3.8) is 0 Å². The second-order valence-corrected chi connectivity index (χ2v) is 9.72. The van der Waals surface area contributed by atoms with Crippen molar-refractivity contribution in [2.45, 2.75) is 45.4 Å². The lowest BCUT2D eigenvalue weighted by atomic mass is 10.0. The second kappa shape index (κ2) is 11.5. The molecule has 2 aromatic rings. The average molecular weight is 477 g/mol. The predicted octanol–water partition coefficient (Wildman–Crippen LogP) is 3.84. The minimum Gasteiger partial charge on any atom is -0.439 e. The van der Waals surface area contributed by atoms with Gasteiger partial charge in [0.1, 0.15) is 5.75 Å². The molecule has 3 atom stereocenters. The maximum atomic E-state index is 13.0. The standard InChI is InChI=1S/C28H36N4O3/c1-20(2)26(19-31-14-15-32(21(3)18-31)23-8-7-9-24(33)16-23)30-28(34)22-12-13-27(29-17-22)35-25-10-5-4-6-11-25/h4-8,10-13,16-17,20-21,24,26,33H,9,14-15,18-19H2,1-3H3,(H,30,34).